The van der Waals surface area contributed by atoms with Crippen molar-refractivity contribution in [3.63, 3.8) is 0 Å². The lowest BCUT2D eigenvalue weighted by Crippen LogP contribution is -2.13. The number of benzene rings is 1. The van der Waals surface area contributed by atoms with Gasteiger partial charge in [0.25, 0.3) is 0 Å². The van der Waals surface area contributed by atoms with Gasteiger partial charge in [-0.25, -0.2) is 4.98 Å². The van der Waals surface area contributed by atoms with Gasteiger partial charge in [0.15, 0.2) is 0 Å². The van der Waals surface area contributed by atoms with Crippen molar-refractivity contribution in [2.24, 2.45) is 0 Å². The second kappa shape index (κ2) is 5.51. The van der Waals surface area contributed by atoms with Crippen LogP contribution in [0.25, 0.3) is 16.9 Å². The smallest absolute Gasteiger partial charge is 0.137 e. The first-order valence-corrected chi connectivity index (χ1v) is 7.31. The van der Waals surface area contributed by atoms with Crippen LogP contribution in [0.15, 0.2) is 42.6 Å². The number of nitrogens with zero attached hydrogens (tertiary/aromatic N) is 3. The molecule has 3 aromatic rings. The Morgan fingerprint density at radius 3 is 2.71 bits per heavy atom. The average molecular weight is 300 g/mol. The van der Waals surface area contributed by atoms with Crippen molar-refractivity contribution >= 4 is 17.2 Å². The summed E-state index contributed by atoms with van der Waals surface area (Å²) in [7, 11) is 4.14. The molecule has 1 aromatic carbocycles. The molecule has 0 unspecified atom stereocenters. The van der Waals surface area contributed by atoms with Gasteiger partial charge < -0.3 is 9.30 Å². The highest BCUT2D eigenvalue weighted by Gasteiger charge is 2.14. The fourth-order valence-corrected chi connectivity index (χ4v) is 2.64. The maximum absolute atomic E-state index is 6.14. The van der Waals surface area contributed by atoms with Gasteiger partial charge in [0.05, 0.1) is 11.4 Å². The first-order valence-electron chi connectivity index (χ1n) is 6.93. The zero-order valence-electron chi connectivity index (χ0n) is 12.5. The summed E-state index contributed by atoms with van der Waals surface area (Å²) in [6.07, 6.45) is 2.06. The van der Waals surface area contributed by atoms with Crippen molar-refractivity contribution < 1.29 is 0 Å². The summed E-state index contributed by atoms with van der Waals surface area (Å²) >= 11 is 6.14. The molecule has 0 fully saturated rings. The number of rotatable bonds is 3. The van der Waals surface area contributed by atoms with Crippen LogP contribution < -0.4 is 0 Å². The highest BCUT2D eigenvalue weighted by atomic mass is 35.5. The largest absolute Gasteiger partial charge is 0.304 e. The summed E-state index contributed by atoms with van der Waals surface area (Å²) < 4.78 is 2.15. The van der Waals surface area contributed by atoms with Crippen LogP contribution in [0.1, 0.15) is 11.3 Å². The van der Waals surface area contributed by atoms with Crippen LogP contribution in [0.5, 0.6) is 0 Å². The van der Waals surface area contributed by atoms with Crippen molar-refractivity contribution in [3.05, 3.63) is 58.9 Å². The Kier molecular flexibility index (Phi) is 3.70. The molecule has 3 nitrogen and oxygen atoms in total. The van der Waals surface area contributed by atoms with E-state index in [4.69, 9.17) is 16.6 Å². The molecule has 2 heterocycles. The standard InChI is InChI=1S/C17H18ClN3/c1-12-10-13(7-8-14(12)18)17-15(11-20(2)3)21-9-5-4-6-16(21)19-17/h4-10H,11H2,1-3H3. The molecule has 0 radical (unpaired) electrons. The van der Waals surface area contributed by atoms with E-state index in [-0.39, 0.29) is 0 Å². The Balaban J connectivity index is 2.22. The molecule has 0 bridgehead atoms. The van der Waals surface area contributed by atoms with Gasteiger partial charge in [-0.1, -0.05) is 23.7 Å². The third kappa shape index (κ3) is 2.67. The molecule has 0 saturated carbocycles. The molecule has 0 spiro atoms. The van der Waals surface area contributed by atoms with Gasteiger partial charge in [-0.3, -0.25) is 0 Å². The van der Waals surface area contributed by atoms with Gasteiger partial charge in [-0.2, -0.15) is 0 Å². The minimum absolute atomic E-state index is 0.789. The van der Waals surface area contributed by atoms with Crippen molar-refractivity contribution in [3.8, 4) is 11.3 Å². The summed E-state index contributed by atoms with van der Waals surface area (Å²) in [5.41, 5.74) is 5.36. The molecule has 3 rings (SSSR count). The van der Waals surface area contributed by atoms with Gasteiger partial charge >= 0.3 is 0 Å². The molecule has 2 aromatic heterocycles. The molecule has 0 aliphatic rings. The molecular weight excluding hydrogens is 282 g/mol. The molecule has 0 aliphatic carbocycles. The molecule has 21 heavy (non-hydrogen) atoms. The molecular formula is C17H18ClN3. The number of fused-ring (bicyclic) bond motifs is 1. The molecule has 108 valence electrons. The van der Waals surface area contributed by atoms with Crippen LogP contribution in [-0.2, 0) is 6.54 Å². The van der Waals surface area contributed by atoms with Crippen molar-refractivity contribution in [1.29, 1.82) is 0 Å². The Bertz CT molecular complexity index is 790. The highest BCUT2D eigenvalue weighted by Crippen LogP contribution is 2.28. The van der Waals surface area contributed by atoms with Crippen LogP contribution in [0.3, 0.4) is 0 Å². The maximum atomic E-state index is 6.14. The molecule has 0 atom stereocenters. The van der Waals surface area contributed by atoms with Gasteiger partial charge in [0.2, 0.25) is 0 Å². The predicted octanol–water partition coefficient (Wildman–Crippen LogP) is 4.02. The van der Waals surface area contributed by atoms with Gasteiger partial charge in [-0.05, 0) is 50.8 Å². The van der Waals surface area contributed by atoms with E-state index in [0.717, 1.165) is 34.0 Å². The lowest BCUT2D eigenvalue weighted by atomic mass is 10.1. The fourth-order valence-electron chi connectivity index (χ4n) is 2.52. The Morgan fingerprint density at radius 2 is 2.00 bits per heavy atom. The molecule has 0 saturated heterocycles. The van der Waals surface area contributed by atoms with Crippen LogP contribution >= 0.6 is 11.6 Å². The first-order chi connectivity index (χ1) is 10.1. The van der Waals surface area contributed by atoms with Gasteiger partial charge in [0.1, 0.15) is 5.65 Å². The zero-order chi connectivity index (χ0) is 15.0. The van der Waals surface area contributed by atoms with Crippen molar-refractivity contribution in [2.75, 3.05) is 14.1 Å². The van der Waals surface area contributed by atoms with E-state index in [2.05, 4.69) is 35.7 Å². The van der Waals surface area contributed by atoms with Crippen molar-refractivity contribution in [1.82, 2.24) is 14.3 Å². The second-order valence-electron chi connectivity index (χ2n) is 5.54. The van der Waals surface area contributed by atoms with E-state index in [1.54, 1.807) is 0 Å². The quantitative estimate of drug-likeness (QED) is 0.728. The Hall–Kier alpha value is -1.84. The van der Waals surface area contributed by atoms with E-state index < -0.39 is 0 Å². The normalized spacial score (nSPS) is 11.5. The van der Waals surface area contributed by atoms with E-state index in [1.165, 1.54) is 5.69 Å². The number of hydrogen-bond acceptors (Lipinski definition) is 2. The number of halogens is 1. The second-order valence-corrected chi connectivity index (χ2v) is 5.94. The monoisotopic (exact) mass is 299 g/mol. The minimum atomic E-state index is 0.789. The number of pyridine rings is 1. The molecule has 4 heteroatoms. The minimum Gasteiger partial charge on any atom is -0.304 e. The summed E-state index contributed by atoms with van der Waals surface area (Å²) in [5, 5.41) is 0.789. The van der Waals surface area contributed by atoms with Crippen LogP contribution in [-0.4, -0.2) is 28.4 Å². The molecule has 0 amide bonds. The van der Waals surface area contributed by atoms with Gasteiger partial charge in [0, 0.05) is 23.3 Å². The molecule has 0 N–H and O–H groups in total. The number of hydrogen-bond donors (Lipinski definition) is 0. The SMILES string of the molecule is Cc1cc(-c2nc3ccccn3c2CN(C)C)ccc1Cl. The predicted molar refractivity (Wildman–Crippen MR) is 87.8 cm³/mol. The Morgan fingerprint density at radius 1 is 1.19 bits per heavy atom. The van der Waals surface area contributed by atoms with Crippen LogP contribution in [0.4, 0.5) is 0 Å². The lowest BCUT2D eigenvalue weighted by molar-refractivity contribution is 0.396. The van der Waals surface area contributed by atoms with E-state index in [0.29, 0.717) is 0 Å². The summed E-state index contributed by atoms with van der Waals surface area (Å²) in [4.78, 5) is 6.96. The molecule has 0 aliphatic heterocycles. The van der Waals surface area contributed by atoms with Crippen molar-refractivity contribution in [2.45, 2.75) is 13.5 Å². The van der Waals surface area contributed by atoms with Crippen LogP contribution in [0, 0.1) is 6.92 Å². The fraction of sp³-hybridized carbons (Fsp3) is 0.235. The zero-order valence-corrected chi connectivity index (χ0v) is 13.2. The van der Waals surface area contributed by atoms with E-state index >= 15 is 0 Å². The Labute approximate surface area is 129 Å². The average Bonchev–Trinajstić information content (AvgIpc) is 2.80. The third-order valence-corrected chi connectivity index (χ3v) is 3.95. The third-order valence-electron chi connectivity index (χ3n) is 3.53. The summed E-state index contributed by atoms with van der Waals surface area (Å²) in [6, 6.07) is 12.2. The maximum Gasteiger partial charge on any atom is 0.137 e. The van der Waals surface area contributed by atoms with Gasteiger partial charge in [-0.15, -0.1) is 0 Å². The first kappa shape index (κ1) is 14.1. The number of aromatic nitrogens is 2. The summed E-state index contributed by atoms with van der Waals surface area (Å²) in [6.45, 7) is 2.86. The topological polar surface area (TPSA) is 20.5 Å². The number of imidazole rings is 1. The highest BCUT2D eigenvalue weighted by molar-refractivity contribution is 6.31. The summed E-state index contributed by atoms with van der Waals surface area (Å²) in [5.74, 6) is 0. The van der Waals surface area contributed by atoms with E-state index in [9.17, 15) is 0 Å². The van der Waals surface area contributed by atoms with E-state index in [1.807, 2.05) is 37.3 Å². The van der Waals surface area contributed by atoms with Crippen LogP contribution in [0.2, 0.25) is 5.02 Å². The lowest BCUT2D eigenvalue weighted by Gasteiger charge is -2.12. The number of aryl methyl sites for hydroxylation is 1.